The number of benzene rings is 1. The molecule has 1 aromatic carbocycles. The molecule has 1 saturated heterocycles. The summed E-state index contributed by atoms with van der Waals surface area (Å²) in [4.78, 5) is 25.0. The molecule has 11 heteroatoms. The smallest absolute Gasteiger partial charge is 0.318 e. The Morgan fingerprint density at radius 1 is 1.29 bits per heavy atom. The lowest BCUT2D eigenvalue weighted by molar-refractivity contribution is 0.0145. The Kier molecular flexibility index (Phi) is 5.52. The molecule has 2 aromatic rings. The van der Waals surface area contributed by atoms with Gasteiger partial charge in [0, 0.05) is 20.0 Å². The molecule has 0 bridgehead atoms. The van der Waals surface area contributed by atoms with Crippen LogP contribution in [0.25, 0.3) is 0 Å². The maximum atomic E-state index is 13.9. The number of halogens is 3. The number of hydrogen-bond acceptors (Lipinski definition) is 4. The second-order valence-electron chi connectivity index (χ2n) is 6.53. The summed E-state index contributed by atoms with van der Waals surface area (Å²) in [7, 11) is 1.44. The van der Waals surface area contributed by atoms with Gasteiger partial charge >= 0.3 is 6.03 Å². The third-order valence-corrected chi connectivity index (χ3v) is 4.39. The molecular weight excluding hydrogens is 377 g/mol. The van der Waals surface area contributed by atoms with Crippen molar-refractivity contribution in [3.63, 3.8) is 0 Å². The van der Waals surface area contributed by atoms with Crippen LogP contribution in [0.15, 0.2) is 30.5 Å². The van der Waals surface area contributed by atoms with E-state index in [0.717, 1.165) is 4.90 Å². The molecule has 0 spiro atoms. The highest BCUT2D eigenvalue weighted by atomic mass is 19.3. The van der Waals surface area contributed by atoms with E-state index in [0.29, 0.717) is 5.56 Å². The van der Waals surface area contributed by atoms with Crippen molar-refractivity contribution < 1.29 is 22.8 Å². The van der Waals surface area contributed by atoms with Crippen molar-refractivity contribution in [3.05, 3.63) is 47.5 Å². The summed E-state index contributed by atoms with van der Waals surface area (Å²) in [5, 5.41) is 12.4. The molecule has 1 unspecified atom stereocenters. The molecule has 1 aliphatic rings. The van der Waals surface area contributed by atoms with Gasteiger partial charge < -0.3 is 15.5 Å². The maximum Gasteiger partial charge on any atom is 0.318 e. The van der Waals surface area contributed by atoms with Crippen LogP contribution in [0.2, 0.25) is 0 Å². The van der Waals surface area contributed by atoms with E-state index in [-0.39, 0.29) is 18.8 Å². The Balaban J connectivity index is 1.65. The zero-order chi connectivity index (χ0) is 20.3. The van der Waals surface area contributed by atoms with Crippen LogP contribution in [-0.4, -0.2) is 57.4 Å². The highest BCUT2D eigenvalue weighted by molar-refractivity contribution is 5.91. The maximum absolute atomic E-state index is 13.9. The Labute approximate surface area is 158 Å². The van der Waals surface area contributed by atoms with Gasteiger partial charge in [0.05, 0.1) is 25.3 Å². The second-order valence-corrected chi connectivity index (χ2v) is 6.53. The summed E-state index contributed by atoms with van der Waals surface area (Å²) >= 11 is 0. The lowest BCUT2D eigenvalue weighted by Crippen LogP contribution is -2.44. The average Bonchev–Trinajstić information content (AvgIpc) is 3.24. The largest absolute Gasteiger partial charge is 0.354 e. The summed E-state index contributed by atoms with van der Waals surface area (Å²) in [6.45, 7) is -0.661. The molecular formula is C17H19F3N6O2. The highest BCUT2D eigenvalue weighted by Gasteiger charge is 2.47. The van der Waals surface area contributed by atoms with E-state index in [1.165, 1.54) is 42.2 Å². The van der Waals surface area contributed by atoms with Gasteiger partial charge in [-0.15, -0.1) is 5.10 Å². The fraction of sp³-hybridized carbons (Fsp3) is 0.412. The first kappa shape index (κ1) is 19.6. The molecule has 0 radical (unpaired) electrons. The second kappa shape index (κ2) is 7.87. The Morgan fingerprint density at radius 2 is 2.00 bits per heavy atom. The summed E-state index contributed by atoms with van der Waals surface area (Å²) in [6, 6.07) is 4.04. The minimum atomic E-state index is -3.03. The summed E-state index contributed by atoms with van der Waals surface area (Å²) in [5.41, 5.74) is 0.698. The number of urea groups is 1. The molecule has 1 fully saturated rings. The fourth-order valence-corrected chi connectivity index (χ4v) is 3.02. The van der Waals surface area contributed by atoms with Crippen molar-refractivity contribution in [3.8, 4) is 0 Å². The number of nitrogens with one attached hydrogen (secondary N) is 2. The van der Waals surface area contributed by atoms with Crippen molar-refractivity contribution >= 4 is 11.9 Å². The minimum Gasteiger partial charge on any atom is -0.354 e. The van der Waals surface area contributed by atoms with Gasteiger partial charge in [0.2, 0.25) is 0 Å². The molecule has 3 rings (SSSR count). The van der Waals surface area contributed by atoms with E-state index in [4.69, 9.17) is 0 Å². The van der Waals surface area contributed by atoms with Crippen molar-refractivity contribution in [2.45, 2.75) is 31.5 Å². The predicted octanol–water partition coefficient (Wildman–Crippen LogP) is 1.40. The van der Waals surface area contributed by atoms with Gasteiger partial charge in [-0.25, -0.2) is 22.6 Å². The van der Waals surface area contributed by atoms with Crippen molar-refractivity contribution in [1.29, 1.82) is 0 Å². The Bertz CT molecular complexity index is 855. The third-order valence-electron chi connectivity index (χ3n) is 4.39. The van der Waals surface area contributed by atoms with Gasteiger partial charge in [-0.3, -0.25) is 4.79 Å². The first-order chi connectivity index (χ1) is 13.3. The molecule has 2 heterocycles. The van der Waals surface area contributed by atoms with Crippen molar-refractivity contribution in [2.24, 2.45) is 0 Å². The van der Waals surface area contributed by atoms with E-state index in [1.807, 2.05) is 0 Å². The zero-order valence-corrected chi connectivity index (χ0v) is 15.0. The highest BCUT2D eigenvalue weighted by Crippen LogP contribution is 2.32. The van der Waals surface area contributed by atoms with Gasteiger partial charge in [0.1, 0.15) is 5.82 Å². The molecule has 2 N–H and O–H groups in total. The first-order valence-corrected chi connectivity index (χ1v) is 8.56. The summed E-state index contributed by atoms with van der Waals surface area (Å²) in [6.07, 6.45) is 0.816. The molecule has 0 saturated carbocycles. The SMILES string of the molecule is CNC(=O)c1cn(CC2CC(F)(F)CN2C(=O)NCc2ccc(F)cc2)nn1. The number of carbonyl (C=O) groups excluding carboxylic acids is 2. The van der Waals surface area contributed by atoms with Crippen molar-refractivity contribution in [2.75, 3.05) is 13.6 Å². The van der Waals surface area contributed by atoms with Gasteiger partial charge in [-0.1, -0.05) is 17.3 Å². The number of alkyl halides is 2. The van der Waals surface area contributed by atoms with Crippen LogP contribution in [0.5, 0.6) is 0 Å². The van der Waals surface area contributed by atoms with E-state index >= 15 is 0 Å². The van der Waals surface area contributed by atoms with Gasteiger partial charge in [0.15, 0.2) is 5.69 Å². The number of rotatable bonds is 5. The standard InChI is InChI=1S/C17H19F3N6O2/c1-21-15(27)14-9-25(24-23-14)8-13-6-17(19,20)10-26(13)16(28)22-7-11-2-4-12(18)5-3-11/h2-5,9,13H,6-8,10H2,1H3,(H,21,27)(H,22,28). The van der Waals surface area contributed by atoms with Gasteiger partial charge in [-0.2, -0.15) is 0 Å². The fourth-order valence-electron chi connectivity index (χ4n) is 3.02. The van der Waals surface area contributed by atoms with Gasteiger partial charge in [0.25, 0.3) is 11.8 Å². The van der Waals surface area contributed by atoms with Crippen LogP contribution in [0.4, 0.5) is 18.0 Å². The Morgan fingerprint density at radius 3 is 2.68 bits per heavy atom. The van der Waals surface area contributed by atoms with E-state index in [9.17, 15) is 22.8 Å². The van der Waals surface area contributed by atoms with Crippen LogP contribution in [0.1, 0.15) is 22.5 Å². The molecule has 8 nitrogen and oxygen atoms in total. The molecule has 3 amide bonds. The third kappa shape index (κ3) is 4.59. The number of nitrogens with zero attached hydrogens (tertiary/aromatic N) is 4. The Hall–Kier alpha value is -3.11. The lowest BCUT2D eigenvalue weighted by atomic mass is 10.2. The zero-order valence-electron chi connectivity index (χ0n) is 15.0. The molecule has 0 aliphatic carbocycles. The summed E-state index contributed by atoms with van der Waals surface area (Å²) < 4.78 is 42.1. The molecule has 1 atom stereocenters. The van der Waals surface area contributed by atoms with Crippen LogP contribution in [0, 0.1) is 5.82 Å². The number of likely N-dealkylation sites (tertiary alicyclic amines) is 1. The monoisotopic (exact) mass is 396 g/mol. The normalized spacial score (nSPS) is 18.1. The van der Waals surface area contributed by atoms with E-state index in [2.05, 4.69) is 20.9 Å². The van der Waals surface area contributed by atoms with Gasteiger partial charge in [-0.05, 0) is 17.7 Å². The quantitative estimate of drug-likeness (QED) is 0.799. The van der Waals surface area contributed by atoms with Crippen LogP contribution < -0.4 is 10.6 Å². The van der Waals surface area contributed by atoms with E-state index < -0.39 is 42.7 Å². The molecule has 28 heavy (non-hydrogen) atoms. The lowest BCUT2D eigenvalue weighted by Gasteiger charge is -2.24. The molecule has 150 valence electrons. The number of hydrogen-bond donors (Lipinski definition) is 2. The number of aromatic nitrogens is 3. The average molecular weight is 396 g/mol. The topological polar surface area (TPSA) is 92.2 Å². The number of amides is 3. The van der Waals surface area contributed by atoms with Crippen LogP contribution in [0.3, 0.4) is 0 Å². The molecule has 1 aliphatic heterocycles. The first-order valence-electron chi connectivity index (χ1n) is 8.56. The molecule has 1 aromatic heterocycles. The van der Waals surface area contributed by atoms with Crippen molar-refractivity contribution in [1.82, 2.24) is 30.5 Å². The minimum absolute atomic E-state index is 0.0243. The van der Waals surface area contributed by atoms with E-state index in [1.54, 1.807) is 0 Å². The van der Waals surface area contributed by atoms with Crippen LogP contribution >= 0.6 is 0 Å². The predicted molar refractivity (Wildman–Crippen MR) is 92.1 cm³/mol. The summed E-state index contributed by atoms with van der Waals surface area (Å²) in [5.74, 6) is -3.88. The van der Waals surface area contributed by atoms with Crippen LogP contribution in [-0.2, 0) is 13.1 Å². The number of carbonyl (C=O) groups is 2.